The number of aliphatic hydroxyl groups excluding tert-OH is 2. The van der Waals surface area contributed by atoms with Gasteiger partial charge >= 0.3 is 11.9 Å². The number of likely N-dealkylation sites (tertiary alicyclic amines) is 3. The van der Waals surface area contributed by atoms with E-state index in [-0.39, 0.29) is 82.2 Å². The molecule has 38 heteroatoms. The van der Waals surface area contributed by atoms with Crippen LogP contribution in [0.25, 0.3) is 0 Å². The summed E-state index contributed by atoms with van der Waals surface area (Å²) in [6.07, 6.45) is 4.27. The van der Waals surface area contributed by atoms with Gasteiger partial charge in [-0.2, -0.15) is 0 Å². The molecule has 0 unspecified atom stereocenters. The summed E-state index contributed by atoms with van der Waals surface area (Å²) in [5.74, 6) is -14.8. The number of hydrogen-bond donors (Lipinski definition) is 18. The highest BCUT2D eigenvalue weighted by Crippen LogP contribution is 2.41. The van der Waals surface area contributed by atoms with Crippen LogP contribution >= 0.6 is 21.6 Å². The lowest BCUT2D eigenvalue weighted by molar-refractivity contribution is -0.150. The van der Waals surface area contributed by atoms with Crippen LogP contribution in [0.2, 0.25) is 0 Å². The molecule has 0 aromatic rings. The zero-order chi connectivity index (χ0) is 81.7. The van der Waals surface area contributed by atoms with Gasteiger partial charge in [0.2, 0.25) is 76.8 Å². The molecular weight excluding hydrogens is 1460 g/mol. The maximum Gasteiger partial charge on any atom is 0.326 e. The van der Waals surface area contributed by atoms with Crippen LogP contribution in [-0.2, 0) is 71.9 Å². The number of aliphatic hydroxyl groups is 2. The van der Waals surface area contributed by atoms with Crippen molar-refractivity contribution in [1.82, 2.24) is 73.2 Å². The molecule has 19 atom stereocenters. The first-order valence-electron chi connectivity index (χ1n) is 38.3. The Hall–Kier alpha value is -8.10. The van der Waals surface area contributed by atoms with Crippen LogP contribution in [-0.4, -0.2) is 265 Å². The van der Waals surface area contributed by atoms with Gasteiger partial charge < -0.3 is 105 Å². The molecule has 3 saturated heterocycles. The molecule has 109 heavy (non-hydrogen) atoms. The Bertz CT molecular complexity index is 3170. The smallest absolute Gasteiger partial charge is 0.326 e. The number of carboxylic acid groups (broad SMARTS) is 2. The SMILES string of the molecule is CCSSC[C@H](NC(=O)[C@@H](NC(=O)[C@H](C)N)[C@@H](C)CC)C(=O)N[C@@H](CO)C(=O)N[C@@H](CCCNC(=N)N)C(=O)N[C@@H](CO)C(=O)N[C@@H](CC(C)C)C(=O)N1CCC[C@H]1C(=O)N1[C@H](C(=O)N[C@H](C(=O)N[C@@H](CC)C(=O)N[C@H](C(=O)N2CCC[C@H]2C(=O)N[C@@H](CC(=O)O)C(=O)O)[C@@H](C)CC)[C@@H](C)CC)C[C@@H]2CCCC[C@@H]21. The summed E-state index contributed by atoms with van der Waals surface area (Å²) in [5, 5.41) is 76.3. The van der Waals surface area contributed by atoms with E-state index in [1.165, 1.54) is 38.3 Å². The lowest BCUT2D eigenvalue weighted by Gasteiger charge is -2.38. The Morgan fingerprint density at radius 1 is 0.495 bits per heavy atom. The van der Waals surface area contributed by atoms with E-state index < -0.39 is 223 Å². The number of hydrogen-bond acceptors (Lipinski definition) is 21. The molecule has 0 aromatic carbocycles. The number of guanidine groups is 1. The number of carbonyl (C=O) groups is 15. The van der Waals surface area contributed by atoms with Gasteiger partial charge in [-0.15, -0.1) is 0 Å². The fraction of sp³-hybridized carbons (Fsp3) is 0.775. The minimum absolute atomic E-state index is 0.0128. The highest BCUT2D eigenvalue weighted by Gasteiger charge is 2.52. The standard InChI is InChI=1S/C71H121N17O19S2/c1-12-37(8)54(83-57(93)40(11)72)66(102)82-48(35-109-108-16-5)62(98)81-46(33-89)60(96)77-43(23-19-27-75-71(73)74)59(95)80-47(34-90)61(97)78-44(30-36(6)7)67(103)87-29-21-26-51(87)68(104)88-49-24-18-17-22-41(49)31-52(88)64(100)84-55(38(9)13-2)65(101)76-42(15-4)58(94)85-56(39(10)14-3)69(105)86-28-20-25-50(86)63(99)79-45(70(106)107)32-53(91)92/h36-52,54-56,89-90H,12-35,72H2,1-11H3,(H,76,101)(H,77,96)(H,78,97)(H,79,99)(H,80,95)(H,81,98)(H,82,102)(H,83,93)(H,84,100)(H,85,94)(H,91,92)(H,106,107)(H4,73,74,75)/t37-,38-,39-,40-,41-,42-,43-,44-,45-,46-,47-,48-,49-,50-,51-,52-,54-,55-,56-/m0/s1. The molecule has 20 N–H and O–H groups in total. The van der Waals surface area contributed by atoms with Crippen LogP contribution in [0.3, 0.4) is 0 Å². The zero-order valence-electron chi connectivity index (χ0n) is 64.7. The quantitative estimate of drug-likeness (QED) is 0.0137. The van der Waals surface area contributed by atoms with Gasteiger partial charge in [0.15, 0.2) is 5.96 Å². The number of rotatable bonds is 45. The van der Waals surface area contributed by atoms with E-state index >= 15 is 14.4 Å². The van der Waals surface area contributed by atoms with Crippen LogP contribution < -0.4 is 70.0 Å². The van der Waals surface area contributed by atoms with Crippen molar-refractivity contribution >= 4 is 116 Å². The molecule has 3 aliphatic heterocycles. The monoisotopic (exact) mass is 1580 g/mol. The molecule has 1 saturated carbocycles. The summed E-state index contributed by atoms with van der Waals surface area (Å²) in [4.78, 5) is 213. The van der Waals surface area contributed by atoms with Gasteiger partial charge in [0.25, 0.3) is 0 Å². The molecule has 0 radical (unpaired) electrons. The summed E-state index contributed by atoms with van der Waals surface area (Å²) in [6.45, 7) is 17.2. The van der Waals surface area contributed by atoms with Crippen molar-refractivity contribution in [3.05, 3.63) is 0 Å². The largest absolute Gasteiger partial charge is 0.481 e. The first-order chi connectivity index (χ1) is 51.5. The lowest BCUT2D eigenvalue weighted by atomic mass is 9.84. The van der Waals surface area contributed by atoms with E-state index in [0.29, 0.717) is 50.7 Å². The molecule has 1 aliphatic carbocycles. The molecular formula is C71H121N17O19S2. The van der Waals surface area contributed by atoms with E-state index in [0.717, 1.165) is 12.8 Å². The van der Waals surface area contributed by atoms with Crippen molar-refractivity contribution in [1.29, 1.82) is 5.41 Å². The van der Waals surface area contributed by atoms with Gasteiger partial charge in [-0.3, -0.25) is 72.5 Å². The van der Waals surface area contributed by atoms with Crippen LogP contribution in [0.1, 0.15) is 185 Å². The van der Waals surface area contributed by atoms with E-state index in [4.69, 9.17) is 16.9 Å². The van der Waals surface area contributed by atoms with Gasteiger partial charge in [0, 0.05) is 37.2 Å². The Labute approximate surface area is 645 Å². The summed E-state index contributed by atoms with van der Waals surface area (Å²) in [5.41, 5.74) is 11.3. The number of aliphatic carboxylic acids is 2. The van der Waals surface area contributed by atoms with Gasteiger partial charge in [0.05, 0.1) is 25.7 Å². The van der Waals surface area contributed by atoms with Crippen molar-refractivity contribution in [2.45, 2.75) is 276 Å². The van der Waals surface area contributed by atoms with Crippen molar-refractivity contribution < 1.29 is 92.3 Å². The van der Waals surface area contributed by atoms with Crippen molar-refractivity contribution in [2.75, 3.05) is 44.4 Å². The number of nitrogens with two attached hydrogens (primary N) is 2. The molecule has 616 valence electrons. The average Bonchev–Trinajstić information content (AvgIpc) is 1.66. The molecule has 0 bridgehead atoms. The molecule has 4 fully saturated rings. The van der Waals surface area contributed by atoms with Gasteiger partial charge in [-0.25, -0.2) is 4.79 Å². The van der Waals surface area contributed by atoms with Gasteiger partial charge in [0.1, 0.15) is 78.5 Å². The van der Waals surface area contributed by atoms with E-state index in [1.54, 1.807) is 67.2 Å². The number of nitrogens with one attached hydrogen (secondary N) is 12. The van der Waals surface area contributed by atoms with Gasteiger partial charge in [-0.05, 0) is 107 Å². The van der Waals surface area contributed by atoms with E-state index in [9.17, 15) is 78.0 Å². The number of nitrogens with zero attached hydrogens (tertiary/aromatic N) is 3. The average molecular weight is 1580 g/mol. The van der Waals surface area contributed by atoms with Crippen molar-refractivity contribution in [2.24, 2.45) is 41.1 Å². The summed E-state index contributed by atoms with van der Waals surface area (Å²) in [6, 6.07) is -19.0. The normalized spacial score (nSPS) is 21.4. The van der Waals surface area contributed by atoms with E-state index in [1.807, 2.05) is 6.92 Å². The highest BCUT2D eigenvalue weighted by atomic mass is 33.1. The number of carboxylic acids is 2. The number of amides is 13. The maximum atomic E-state index is 15.4. The number of carbonyl (C=O) groups excluding carboxylic acids is 13. The fourth-order valence-corrected chi connectivity index (χ4v) is 15.7. The molecule has 0 spiro atoms. The maximum absolute atomic E-state index is 15.4. The Morgan fingerprint density at radius 3 is 1.50 bits per heavy atom. The topological polar surface area (TPSA) is 555 Å². The molecule has 3 heterocycles. The van der Waals surface area contributed by atoms with Crippen LogP contribution in [0, 0.1) is 35.0 Å². The second-order valence-corrected chi connectivity index (χ2v) is 32.1. The summed E-state index contributed by atoms with van der Waals surface area (Å²) >= 11 is 0. The van der Waals surface area contributed by atoms with Crippen molar-refractivity contribution in [3.63, 3.8) is 0 Å². The second-order valence-electron chi connectivity index (χ2n) is 29.3. The first-order valence-corrected chi connectivity index (χ1v) is 40.7. The minimum Gasteiger partial charge on any atom is -0.481 e. The summed E-state index contributed by atoms with van der Waals surface area (Å²) in [7, 11) is 2.62. The first kappa shape index (κ1) is 93.3. The summed E-state index contributed by atoms with van der Waals surface area (Å²) < 4.78 is 0. The van der Waals surface area contributed by atoms with Gasteiger partial charge in [-0.1, -0.05) is 123 Å². The minimum atomic E-state index is -1.76. The Balaban J connectivity index is 1.55. The van der Waals surface area contributed by atoms with Crippen LogP contribution in [0.5, 0.6) is 0 Å². The number of fused-ring (bicyclic) bond motifs is 1. The van der Waals surface area contributed by atoms with Crippen LogP contribution in [0.15, 0.2) is 0 Å². The molecule has 4 rings (SSSR count). The highest BCUT2D eigenvalue weighted by molar-refractivity contribution is 8.76. The zero-order valence-corrected chi connectivity index (χ0v) is 66.4. The molecule has 36 nitrogen and oxygen atoms in total. The third-order valence-electron chi connectivity index (χ3n) is 20.8. The lowest BCUT2D eigenvalue weighted by Crippen LogP contribution is -2.62. The third kappa shape index (κ3) is 27.4. The molecule has 0 aromatic heterocycles. The van der Waals surface area contributed by atoms with Crippen molar-refractivity contribution in [3.8, 4) is 0 Å². The Morgan fingerprint density at radius 2 is 0.972 bits per heavy atom. The predicted octanol–water partition coefficient (Wildman–Crippen LogP) is -1.87. The second kappa shape index (κ2) is 45.9. The van der Waals surface area contributed by atoms with Crippen LogP contribution in [0.4, 0.5) is 0 Å². The predicted molar refractivity (Wildman–Crippen MR) is 405 cm³/mol. The third-order valence-corrected chi connectivity index (χ3v) is 23.2. The molecule has 4 aliphatic rings. The Kier molecular flexibility index (Phi) is 39.3. The molecule has 13 amide bonds. The van der Waals surface area contributed by atoms with E-state index in [2.05, 4.69) is 58.5 Å². The fourth-order valence-electron chi connectivity index (χ4n) is 13.9.